The Bertz CT molecular complexity index is 1070. The topological polar surface area (TPSA) is 88.2 Å². The highest BCUT2D eigenvalue weighted by atomic mass is 16.6. The fraction of sp³-hybridized carbons (Fsp3) is 0.667. The van der Waals surface area contributed by atoms with Gasteiger partial charge in [-0.2, -0.15) is 0 Å². The van der Waals surface area contributed by atoms with Crippen LogP contribution in [-0.4, -0.2) is 59.5 Å². The van der Waals surface area contributed by atoms with Crippen molar-refractivity contribution in [1.82, 2.24) is 15.1 Å². The molecular weight excluding hydrogens is 446 g/mol. The third-order valence-electron chi connectivity index (χ3n) is 9.22. The second-order valence-electron chi connectivity index (χ2n) is 11.4. The maximum atomic E-state index is 13.7. The normalized spacial score (nSPS) is 28.4. The van der Waals surface area contributed by atoms with E-state index >= 15 is 0 Å². The Labute approximate surface area is 206 Å². The molecule has 188 valence electrons. The van der Waals surface area contributed by atoms with Gasteiger partial charge in [0.15, 0.2) is 11.5 Å². The number of nitrogens with zero attached hydrogens (tertiary/aromatic N) is 2. The first kappa shape index (κ1) is 22.7. The number of fused-ring (bicyclic) bond motifs is 3. The zero-order chi connectivity index (χ0) is 24.4. The lowest BCUT2D eigenvalue weighted by atomic mass is 9.71. The summed E-state index contributed by atoms with van der Waals surface area (Å²) >= 11 is 0. The predicted octanol–water partition coefficient (Wildman–Crippen LogP) is 3.67. The first-order valence-electron chi connectivity index (χ1n) is 13.2. The second-order valence-corrected chi connectivity index (χ2v) is 11.4. The lowest BCUT2D eigenvalue weighted by Gasteiger charge is -2.46. The number of carbonyl (C=O) groups is 3. The highest BCUT2D eigenvalue weighted by Gasteiger charge is 2.53. The van der Waals surface area contributed by atoms with E-state index < -0.39 is 11.6 Å². The molecule has 1 aromatic rings. The predicted molar refractivity (Wildman–Crippen MR) is 128 cm³/mol. The van der Waals surface area contributed by atoms with Crippen molar-refractivity contribution in [2.45, 2.75) is 82.2 Å². The van der Waals surface area contributed by atoms with E-state index in [0.717, 1.165) is 60.5 Å². The van der Waals surface area contributed by atoms with Crippen molar-refractivity contribution in [2.75, 3.05) is 26.3 Å². The lowest BCUT2D eigenvalue weighted by Crippen LogP contribution is -2.52. The summed E-state index contributed by atoms with van der Waals surface area (Å²) in [5.41, 5.74) is 1.41. The third-order valence-corrected chi connectivity index (χ3v) is 9.22. The van der Waals surface area contributed by atoms with Gasteiger partial charge in [0.2, 0.25) is 5.91 Å². The Kier molecular flexibility index (Phi) is 5.27. The molecule has 3 heterocycles. The smallest absolute Gasteiger partial charge is 0.325 e. The van der Waals surface area contributed by atoms with Crippen LogP contribution in [0.2, 0.25) is 0 Å². The Hall–Kier alpha value is -2.77. The van der Waals surface area contributed by atoms with Crippen LogP contribution in [0.25, 0.3) is 0 Å². The van der Waals surface area contributed by atoms with Crippen LogP contribution in [0.1, 0.15) is 82.4 Å². The lowest BCUT2D eigenvalue weighted by molar-refractivity contribution is -0.142. The van der Waals surface area contributed by atoms with Crippen LogP contribution in [0.5, 0.6) is 11.5 Å². The average molecular weight is 482 g/mol. The molecule has 3 fully saturated rings. The first-order valence-corrected chi connectivity index (χ1v) is 13.2. The standard InChI is InChI=1S/C27H35N3O5/c1-17-5-9-27(10-6-17)24(32)29(25(33)28-27)15-23(31)30-16-26(7-3-4-8-26)20-14-22-21(34-11-12-35-22)13-19(20)18(30)2/h13-14,17-18H,3-12,15-16H2,1-2H3,(H,28,33). The van der Waals surface area contributed by atoms with Gasteiger partial charge in [-0.1, -0.05) is 19.8 Å². The zero-order valence-electron chi connectivity index (χ0n) is 20.7. The molecule has 3 aliphatic heterocycles. The minimum Gasteiger partial charge on any atom is -0.486 e. The number of carbonyl (C=O) groups excluding carboxylic acids is 3. The van der Waals surface area contributed by atoms with Gasteiger partial charge in [0.25, 0.3) is 5.91 Å². The Morgan fingerprint density at radius 2 is 1.69 bits per heavy atom. The molecular formula is C27H35N3O5. The molecule has 1 saturated heterocycles. The van der Waals surface area contributed by atoms with E-state index in [4.69, 9.17) is 9.47 Å². The minimum absolute atomic E-state index is 0.120. The van der Waals surface area contributed by atoms with Gasteiger partial charge in [-0.15, -0.1) is 0 Å². The molecule has 2 saturated carbocycles. The van der Waals surface area contributed by atoms with E-state index in [9.17, 15) is 14.4 Å². The van der Waals surface area contributed by atoms with Gasteiger partial charge >= 0.3 is 6.03 Å². The molecule has 0 bridgehead atoms. The Morgan fingerprint density at radius 1 is 1.03 bits per heavy atom. The van der Waals surface area contributed by atoms with E-state index in [0.29, 0.717) is 38.5 Å². The number of amides is 4. The summed E-state index contributed by atoms with van der Waals surface area (Å²) in [6.07, 6.45) is 7.39. The van der Waals surface area contributed by atoms with Gasteiger partial charge in [-0.3, -0.25) is 14.5 Å². The minimum atomic E-state index is -0.826. The molecule has 1 aromatic carbocycles. The zero-order valence-corrected chi connectivity index (χ0v) is 20.7. The molecule has 4 amide bonds. The molecule has 2 spiro atoms. The summed E-state index contributed by atoms with van der Waals surface area (Å²) in [6.45, 7) is 5.67. The van der Waals surface area contributed by atoms with Crippen LogP contribution in [-0.2, 0) is 15.0 Å². The molecule has 8 heteroatoms. The largest absolute Gasteiger partial charge is 0.486 e. The molecule has 35 heavy (non-hydrogen) atoms. The molecule has 1 N–H and O–H groups in total. The average Bonchev–Trinajstić information content (AvgIpc) is 3.42. The van der Waals surface area contributed by atoms with Crippen LogP contribution >= 0.6 is 0 Å². The van der Waals surface area contributed by atoms with Crippen molar-refractivity contribution >= 4 is 17.8 Å². The number of rotatable bonds is 2. The highest BCUT2D eigenvalue weighted by Crippen LogP contribution is 2.52. The quantitative estimate of drug-likeness (QED) is 0.651. The number of hydrogen-bond acceptors (Lipinski definition) is 5. The van der Waals surface area contributed by atoms with E-state index in [1.165, 1.54) is 5.56 Å². The van der Waals surface area contributed by atoms with Crippen molar-refractivity contribution in [1.29, 1.82) is 0 Å². The number of ether oxygens (including phenoxy) is 2. The second kappa shape index (κ2) is 8.14. The van der Waals surface area contributed by atoms with Crippen LogP contribution in [0.4, 0.5) is 4.79 Å². The summed E-state index contributed by atoms with van der Waals surface area (Å²) in [6, 6.07) is 3.57. The van der Waals surface area contributed by atoms with Crippen molar-refractivity contribution in [3.05, 3.63) is 23.3 Å². The molecule has 1 unspecified atom stereocenters. The summed E-state index contributed by atoms with van der Waals surface area (Å²) in [4.78, 5) is 42.9. The molecule has 8 nitrogen and oxygen atoms in total. The molecule has 2 aliphatic carbocycles. The maximum absolute atomic E-state index is 13.7. The number of nitrogens with one attached hydrogen (secondary N) is 1. The van der Waals surface area contributed by atoms with Crippen LogP contribution < -0.4 is 14.8 Å². The van der Waals surface area contributed by atoms with Crippen LogP contribution in [0.15, 0.2) is 12.1 Å². The SMILES string of the molecule is CC1CCC2(CC1)NC(=O)N(CC(=O)N1CC3(CCCC3)c3cc4c(cc3C1C)OCCO4)C2=O. The van der Waals surface area contributed by atoms with Gasteiger partial charge in [0.1, 0.15) is 25.3 Å². The number of urea groups is 1. The summed E-state index contributed by atoms with van der Waals surface area (Å²) < 4.78 is 11.7. The number of hydrogen-bond donors (Lipinski definition) is 1. The first-order chi connectivity index (χ1) is 16.8. The third kappa shape index (κ3) is 3.51. The van der Waals surface area contributed by atoms with Gasteiger partial charge in [0, 0.05) is 12.0 Å². The molecule has 1 atom stereocenters. The number of imide groups is 1. The van der Waals surface area contributed by atoms with Crippen LogP contribution in [0.3, 0.4) is 0 Å². The van der Waals surface area contributed by atoms with Gasteiger partial charge in [-0.25, -0.2) is 4.79 Å². The van der Waals surface area contributed by atoms with E-state index in [1.807, 2.05) is 17.9 Å². The fourth-order valence-electron chi connectivity index (χ4n) is 7.05. The molecule has 6 rings (SSSR count). The van der Waals surface area contributed by atoms with Gasteiger partial charge in [0.05, 0.1) is 6.04 Å². The van der Waals surface area contributed by atoms with Crippen molar-refractivity contribution in [3.63, 3.8) is 0 Å². The molecule has 5 aliphatic rings. The van der Waals surface area contributed by atoms with Gasteiger partial charge < -0.3 is 19.7 Å². The van der Waals surface area contributed by atoms with Crippen molar-refractivity contribution in [2.24, 2.45) is 5.92 Å². The van der Waals surface area contributed by atoms with Crippen molar-refractivity contribution in [3.8, 4) is 11.5 Å². The van der Waals surface area contributed by atoms with E-state index in [2.05, 4.69) is 18.3 Å². The summed E-state index contributed by atoms with van der Waals surface area (Å²) in [7, 11) is 0. The molecule has 0 radical (unpaired) electrons. The van der Waals surface area contributed by atoms with Gasteiger partial charge in [-0.05, 0) is 74.6 Å². The van der Waals surface area contributed by atoms with Crippen LogP contribution in [0, 0.1) is 5.92 Å². The van der Waals surface area contributed by atoms with Crippen molar-refractivity contribution < 1.29 is 23.9 Å². The summed E-state index contributed by atoms with van der Waals surface area (Å²) in [5.74, 6) is 1.67. The fourth-order valence-corrected chi connectivity index (χ4v) is 7.05. The van der Waals surface area contributed by atoms with E-state index in [-0.39, 0.29) is 29.8 Å². The Morgan fingerprint density at radius 3 is 2.37 bits per heavy atom. The monoisotopic (exact) mass is 481 g/mol. The van der Waals surface area contributed by atoms with E-state index in [1.54, 1.807) is 0 Å². The Balaban J connectivity index is 1.27. The summed E-state index contributed by atoms with van der Waals surface area (Å²) in [5, 5.41) is 2.94. The maximum Gasteiger partial charge on any atom is 0.325 e. The highest BCUT2D eigenvalue weighted by molar-refractivity contribution is 6.09. The number of benzene rings is 1. The molecule has 0 aromatic heterocycles.